The molecule has 2 fully saturated rings. The first-order chi connectivity index (χ1) is 11.1. The molecule has 128 valence electrons. The van der Waals surface area contributed by atoms with Gasteiger partial charge in [-0.15, -0.1) is 0 Å². The van der Waals surface area contributed by atoms with Crippen molar-refractivity contribution in [3.63, 3.8) is 0 Å². The van der Waals surface area contributed by atoms with Gasteiger partial charge in [-0.2, -0.15) is 5.10 Å². The van der Waals surface area contributed by atoms with Crippen LogP contribution < -0.4 is 0 Å². The van der Waals surface area contributed by atoms with Gasteiger partial charge in [0, 0.05) is 26.2 Å². The fourth-order valence-electron chi connectivity index (χ4n) is 3.53. The van der Waals surface area contributed by atoms with Crippen molar-refractivity contribution in [2.45, 2.75) is 33.2 Å². The van der Waals surface area contributed by atoms with Crippen molar-refractivity contribution in [2.75, 3.05) is 45.9 Å². The van der Waals surface area contributed by atoms with E-state index < -0.39 is 0 Å². The number of amides is 1. The molecule has 2 saturated heterocycles. The van der Waals surface area contributed by atoms with E-state index >= 15 is 0 Å². The largest absolute Gasteiger partial charge is 0.378 e. The molecular weight excluding hydrogens is 294 g/mol. The number of carbonyl (C=O) groups is 1. The molecule has 1 aromatic rings. The van der Waals surface area contributed by atoms with E-state index in [-0.39, 0.29) is 5.91 Å². The number of rotatable bonds is 4. The maximum absolute atomic E-state index is 12.4. The zero-order valence-electron chi connectivity index (χ0n) is 14.2. The first-order valence-electron chi connectivity index (χ1n) is 8.58. The average Bonchev–Trinajstić information content (AvgIpc) is 2.86. The number of hydrogen-bond acceptors (Lipinski definition) is 5. The second-order valence-electron chi connectivity index (χ2n) is 6.62. The van der Waals surface area contributed by atoms with E-state index in [4.69, 9.17) is 4.74 Å². The lowest BCUT2D eigenvalue weighted by Crippen LogP contribution is -2.48. The van der Waals surface area contributed by atoms with Gasteiger partial charge >= 0.3 is 0 Å². The quantitative estimate of drug-likeness (QED) is 0.806. The van der Waals surface area contributed by atoms with Gasteiger partial charge in [-0.1, -0.05) is 0 Å². The van der Waals surface area contributed by atoms with Crippen LogP contribution in [0.1, 0.15) is 24.5 Å². The lowest BCUT2D eigenvalue weighted by molar-refractivity contribution is -0.136. The number of morpholine rings is 1. The van der Waals surface area contributed by atoms with Crippen LogP contribution in [0.5, 0.6) is 0 Å². The summed E-state index contributed by atoms with van der Waals surface area (Å²) in [6.45, 7) is 10.1. The van der Waals surface area contributed by atoms with Crippen molar-refractivity contribution < 1.29 is 9.53 Å². The Kier molecular flexibility index (Phi) is 5.27. The summed E-state index contributed by atoms with van der Waals surface area (Å²) in [5.41, 5.74) is 0. The number of hydrogen-bond donors (Lipinski definition) is 0. The lowest BCUT2D eigenvalue weighted by Gasteiger charge is -2.34. The molecule has 3 heterocycles. The van der Waals surface area contributed by atoms with Crippen LogP contribution in [0.15, 0.2) is 0 Å². The van der Waals surface area contributed by atoms with Crippen molar-refractivity contribution >= 4 is 5.91 Å². The van der Waals surface area contributed by atoms with Gasteiger partial charge in [0.1, 0.15) is 11.6 Å². The van der Waals surface area contributed by atoms with Crippen LogP contribution in [0.3, 0.4) is 0 Å². The number of likely N-dealkylation sites (tertiary alicyclic amines) is 1. The van der Waals surface area contributed by atoms with Gasteiger partial charge in [-0.25, -0.2) is 9.67 Å². The van der Waals surface area contributed by atoms with Crippen LogP contribution in [0.4, 0.5) is 0 Å². The summed E-state index contributed by atoms with van der Waals surface area (Å²) in [6, 6.07) is 0. The molecule has 0 aliphatic carbocycles. The summed E-state index contributed by atoms with van der Waals surface area (Å²) in [4.78, 5) is 21.0. The van der Waals surface area contributed by atoms with E-state index in [1.54, 1.807) is 0 Å². The maximum Gasteiger partial charge on any atom is 0.236 e. The SMILES string of the molecule is Cc1nc(C)n(C[C@@H]2CCCN(CC(=O)N3CCOCC3)C2)n1. The van der Waals surface area contributed by atoms with Crippen LogP contribution in [0.2, 0.25) is 0 Å². The predicted molar refractivity (Wildman–Crippen MR) is 86.1 cm³/mol. The van der Waals surface area contributed by atoms with E-state index in [0.29, 0.717) is 25.7 Å². The number of nitrogens with zero attached hydrogens (tertiary/aromatic N) is 5. The number of aromatic nitrogens is 3. The van der Waals surface area contributed by atoms with Crippen LogP contribution >= 0.6 is 0 Å². The molecule has 0 aromatic carbocycles. The van der Waals surface area contributed by atoms with Crippen LogP contribution in [0, 0.1) is 19.8 Å². The molecule has 0 unspecified atom stereocenters. The summed E-state index contributed by atoms with van der Waals surface area (Å²) in [5.74, 6) is 2.59. The third-order valence-electron chi connectivity index (χ3n) is 4.72. The summed E-state index contributed by atoms with van der Waals surface area (Å²) >= 11 is 0. The highest BCUT2D eigenvalue weighted by atomic mass is 16.5. The number of aryl methyl sites for hydroxylation is 2. The van der Waals surface area contributed by atoms with Gasteiger partial charge in [0.05, 0.1) is 19.8 Å². The topological polar surface area (TPSA) is 63.5 Å². The Hall–Kier alpha value is -1.47. The average molecular weight is 321 g/mol. The van der Waals surface area contributed by atoms with E-state index in [1.165, 1.54) is 6.42 Å². The molecule has 2 aliphatic heterocycles. The lowest BCUT2D eigenvalue weighted by atomic mass is 9.98. The maximum atomic E-state index is 12.4. The fourth-order valence-corrected chi connectivity index (χ4v) is 3.53. The molecule has 1 aromatic heterocycles. The molecular formula is C16H27N5O2. The molecule has 0 saturated carbocycles. The molecule has 0 spiro atoms. The molecule has 7 heteroatoms. The summed E-state index contributed by atoms with van der Waals surface area (Å²) in [7, 11) is 0. The molecule has 23 heavy (non-hydrogen) atoms. The first-order valence-corrected chi connectivity index (χ1v) is 8.58. The van der Waals surface area contributed by atoms with Crippen molar-refractivity contribution in [3.8, 4) is 0 Å². The normalized spacial score (nSPS) is 23.2. The fraction of sp³-hybridized carbons (Fsp3) is 0.812. The van der Waals surface area contributed by atoms with Crippen molar-refractivity contribution in [1.82, 2.24) is 24.6 Å². The second kappa shape index (κ2) is 7.40. The van der Waals surface area contributed by atoms with Gasteiger partial charge in [-0.05, 0) is 39.2 Å². The van der Waals surface area contributed by atoms with Crippen LogP contribution in [0.25, 0.3) is 0 Å². The Labute approximate surface area is 137 Å². The smallest absolute Gasteiger partial charge is 0.236 e. The summed E-state index contributed by atoms with van der Waals surface area (Å²) in [5, 5.41) is 4.46. The minimum atomic E-state index is 0.238. The van der Waals surface area contributed by atoms with Crippen molar-refractivity contribution in [1.29, 1.82) is 0 Å². The highest BCUT2D eigenvalue weighted by Gasteiger charge is 2.25. The van der Waals surface area contributed by atoms with Crippen LogP contribution in [-0.2, 0) is 16.1 Å². The van der Waals surface area contributed by atoms with E-state index in [1.807, 2.05) is 23.4 Å². The van der Waals surface area contributed by atoms with E-state index in [2.05, 4.69) is 15.0 Å². The zero-order chi connectivity index (χ0) is 16.2. The molecule has 1 atom stereocenters. The molecule has 7 nitrogen and oxygen atoms in total. The van der Waals surface area contributed by atoms with Crippen molar-refractivity contribution in [2.24, 2.45) is 5.92 Å². The van der Waals surface area contributed by atoms with Gasteiger partial charge in [-0.3, -0.25) is 9.69 Å². The third kappa shape index (κ3) is 4.29. The van der Waals surface area contributed by atoms with Gasteiger partial charge in [0.25, 0.3) is 0 Å². The molecule has 0 bridgehead atoms. The number of carbonyl (C=O) groups excluding carboxylic acids is 1. The minimum Gasteiger partial charge on any atom is -0.378 e. The first kappa shape index (κ1) is 16.4. The molecule has 0 N–H and O–H groups in total. The number of ether oxygens (including phenoxy) is 1. The summed E-state index contributed by atoms with van der Waals surface area (Å²) in [6.07, 6.45) is 2.34. The van der Waals surface area contributed by atoms with Crippen LogP contribution in [-0.4, -0.2) is 76.4 Å². The molecule has 0 radical (unpaired) electrons. The third-order valence-corrected chi connectivity index (χ3v) is 4.72. The Morgan fingerprint density at radius 2 is 2.04 bits per heavy atom. The Bertz CT molecular complexity index is 539. The monoisotopic (exact) mass is 321 g/mol. The number of piperidine rings is 1. The highest BCUT2D eigenvalue weighted by molar-refractivity contribution is 5.78. The standard InChI is InChI=1S/C16H27N5O2/c1-13-17-14(2)21(18-13)11-15-4-3-5-19(10-15)12-16(22)20-6-8-23-9-7-20/h15H,3-12H2,1-2H3/t15-/m1/s1. The molecule has 2 aliphatic rings. The molecule has 1 amide bonds. The second-order valence-corrected chi connectivity index (χ2v) is 6.62. The zero-order valence-corrected chi connectivity index (χ0v) is 14.2. The van der Waals surface area contributed by atoms with E-state index in [0.717, 1.165) is 50.8 Å². The Morgan fingerprint density at radius 3 is 2.74 bits per heavy atom. The van der Waals surface area contributed by atoms with Gasteiger partial charge < -0.3 is 9.64 Å². The highest BCUT2D eigenvalue weighted by Crippen LogP contribution is 2.19. The van der Waals surface area contributed by atoms with Gasteiger partial charge in [0.2, 0.25) is 5.91 Å². The summed E-state index contributed by atoms with van der Waals surface area (Å²) < 4.78 is 7.32. The van der Waals surface area contributed by atoms with Crippen molar-refractivity contribution in [3.05, 3.63) is 11.6 Å². The Balaban J connectivity index is 1.51. The molecule has 3 rings (SSSR count). The minimum absolute atomic E-state index is 0.238. The van der Waals surface area contributed by atoms with E-state index in [9.17, 15) is 4.79 Å². The predicted octanol–water partition coefficient (Wildman–Crippen LogP) is 0.466. The van der Waals surface area contributed by atoms with Gasteiger partial charge in [0.15, 0.2) is 0 Å². The Morgan fingerprint density at radius 1 is 1.26 bits per heavy atom.